The number of rotatable bonds is 7. The molecule has 4 rings (SSSR count). The fraction of sp³-hybridized carbons (Fsp3) is 0.375. The first-order valence-electron chi connectivity index (χ1n) is 11.0. The lowest BCUT2D eigenvalue weighted by atomic mass is 9.95. The van der Waals surface area contributed by atoms with Gasteiger partial charge >= 0.3 is 0 Å². The predicted molar refractivity (Wildman–Crippen MR) is 120 cm³/mol. The highest BCUT2D eigenvalue weighted by Gasteiger charge is 2.40. The Kier molecular flexibility index (Phi) is 6.76. The number of halogens is 1. The lowest BCUT2D eigenvalue weighted by Gasteiger charge is -2.27. The van der Waals surface area contributed by atoms with Crippen molar-refractivity contribution in [3.8, 4) is 0 Å². The fourth-order valence-corrected chi connectivity index (χ4v) is 4.11. The molecule has 1 saturated heterocycles. The summed E-state index contributed by atoms with van der Waals surface area (Å²) in [5.74, 6) is -0.397. The quantitative estimate of drug-likeness (QED) is 0.597. The summed E-state index contributed by atoms with van der Waals surface area (Å²) in [6, 6.07) is 16.4. The molecular formula is C24H27FN6O2. The van der Waals surface area contributed by atoms with Crippen LogP contribution in [0.4, 0.5) is 4.39 Å². The molecule has 3 atom stereocenters. The average molecular weight is 451 g/mol. The summed E-state index contributed by atoms with van der Waals surface area (Å²) in [6.07, 6.45) is 0.00232. The summed E-state index contributed by atoms with van der Waals surface area (Å²) in [4.78, 5) is 27.4. The van der Waals surface area contributed by atoms with Crippen LogP contribution in [0.5, 0.6) is 0 Å². The molecule has 0 spiro atoms. The van der Waals surface area contributed by atoms with Crippen molar-refractivity contribution < 1.29 is 14.0 Å². The van der Waals surface area contributed by atoms with E-state index in [0.717, 1.165) is 11.1 Å². The number of amides is 2. The first-order valence-corrected chi connectivity index (χ1v) is 11.0. The molecule has 2 heterocycles. The van der Waals surface area contributed by atoms with Gasteiger partial charge in [-0.3, -0.25) is 9.59 Å². The van der Waals surface area contributed by atoms with Crippen molar-refractivity contribution in [1.82, 2.24) is 30.4 Å². The van der Waals surface area contributed by atoms with E-state index in [1.54, 1.807) is 0 Å². The zero-order valence-electron chi connectivity index (χ0n) is 18.6. The summed E-state index contributed by atoms with van der Waals surface area (Å²) in [5.41, 5.74) is 3.03. The minimum Gasteiger partial charge on any atom is -0.343 e. The van der Waals surface area contributed by atoms with Gasteiger partial charge in [0, 0.05) is 6.42 Å². The van der Waals surface area contributed by atoms with Crippen LogP contribution < -0.4 is 5.32 Å². The Morgan fingerprint density at radius 2 is 1.73 bits per heavy atom. The Bertz CT molecular complexity index is 1070. The van der Waals surface area contributed by atoms with Crippen molar-refractivity contribution in [1.29, 1.82) is 0 Å². The first kappa shape index (κ1) is 22.6. The van der Waals surface area contributed by atoms with Crippen molar-refractivity contribution >= 4 is 11.8 Å². The third kappa shape index (κ3) is 5.24. The van der Waals surface area contributed by atoms with Crippen molar-refractivity contribution in [3.05, 3.63) is 77.6 Å². The van der Waals surface area contributed by atoms with Gasteiger partial charge in [-0.25, -0.2) is 9.07 Å². The molecule has 0 saturated carbocycles. The number of carbonyl (C=O) groups is 2. The molecule has 3 aromatic rings. The first-order chi connectivity index (χ1) is 15.9. The van der Waals surface area contributed by atoms with Gasteiger partial charge in [0.1, 0.15) is 25.1 Å². The van der Waals surface area contributed by atoms with Crippen molar-refractivity contribution in [2.75, 3.05) is 6.54 Å². The molecule has 1 aliphatic heterocycles. The third-order valence-electron chi connectivity index (χ3n) is 5.92. The van der Waals surface area contributed by atoms with Crippen LogP contribution in [-0.4, -0.2) is 55.7 Å². The highest BCUT2D eigenvalue weighted by molar-refractivity contribution is 5.88. The van der Waals surface area contributed by atoms with Crippen LogP contribution in [0.15, 0.2) is 60.9 Å². The zero-order valence-corrected chi connectivity index (χ0v) is 18.6. The number of tetrazole rings is 1. The number of likely N-dealkylation sites (tertiary alicyclic amines) is 1. The van der Waals surface area contributed by atoms with Gasteiger partial charge in [-0.2, -0.15) is 0 Å². The Labute approximate surface area is 191 Å². The highest BCUT2D eigenvalue weighted by atomic mass is 19.1. The maximum atomic E-state index is 14.3. The molecule has 0 radical (unpaired) electrons. The minimum absolute atomic E-state index is 0.0407. The normalized spacial score (nSPS) is 19.0. The third-order valence-corrected chi connectivity index (χ3v) is 5.92. The van der Waals surface area contributed by atoms with Crippen molar-refractivity contribution in [2.45, 2.75) is 51.0 Å². The molecule has 8 nitrogen and oxygen atoms in total. The summed E-state index contributed by atoms with van der Waals surface area (Å²) in [5, 5.41) is 13.7. The monoisotopic (exact) mass is 450 g/mol. The van der Waals surface area contributed by atoms with E-state index in [0.29, 0.717) is 5.92 Å². The topological polar surface area (TPSA) is 93.0 Å². The van der Waals surface area contributed by atoms with Crippen LogP contribution in [-0.2, 0) is 16.1 Å². The fourth-order valence-electron chi connectivity index (χ4n) is 4.11. The van der Waals surface area contributed by atoms with Crippen LogP contribution in [0, 0.1) is 0 Å². The lowest BCUT2D eigenvalue weighted by molar-refractivity contribution is -0.139. The predicted octanol–water partition coefficient (Wildman–Crippen LogP) is 2.64. The van der Waals surface area contributed by atoms with E-state index in [1.807, 2.05) is 42.5 Å². The van der Waals surface area contributed by atoms with Crippen LogP contribution in [0.25, 0.3) is 0 Å². The molecule has 1 N–H and O–H groups in total. The second-order valence-corrected chi connectivity index (χ2v) is 8.58. The van der Waals surface area contributed by atoms with Gasteiger partial charge in [-0.05, 0) is 33.0 Å². The summed E-state index contributed by atoms with van der Waals surface area (Å²) < 4.78 is 15.6. The largest absolute Gasteiger partial charge is 0.343 e. The number of aromatic nitrogens is 4. The number of alkyl halides is 1. The van der Waals surface area contributed by atoms with Gasteiger partial charge in [0.05, 0.1) is 12.6 Å². The maximum absolute atomic E-state index is 14.3. The van der Waals surface area contributed by atoms with E-state index in [4.69, 9.17) is 0 Å². The maximum Gasteiger partial charge on any atom is 0.245 e. The van der Waals surface area contributed by atoms with Gasteiger partial charge in [-0.15, -0.1) is 5.10 Å². The number of hydrogen-bond acceptors (Lipinski definition) is 5. The zero-order chi connectivity index (χ0) is 23.4. The summed E-state index contributed by atoms with van der Waals surface area (Å²) >= 11 is 0. The number of nitrogens with one attached hydrogen (secondary N) is 1. The van der Waals surface area contributed by atoms with Gasteiger partial charge in [0.25, 0.3) is 0 Å². The molecule has 2 amide bonds. The van der Waals surface area contributed by atoms with Crippen molar-refractivity contribution in [2.24, 2.45) is 0 Å². The standard InChI is InChI=1S/C24H27FN6O2/c1-16(2)17-8-10-19(11-9-17)23(18-6-4-3-5-7-18)27-24(33)21-12-20(25)13-31(21)22(32)14-30-15-26-28-29-30/h3-11,15-16,20-21,23H,12-14H2,1-2H3,(H,27,33). The Balaban J connectivity index is 1.56. The minimum atomic E-state index is -1.26. The molecule has 33 heavy (non-hydrogen) atoms. The number of nitrogens with zero attached hydrogens (tertiary/aromatic N) is 5. The van der Waals surface area contributed by atoms with Crippen LogP contribution in [0.2, 0.25) is 0 Å². The molecule has 1 aromatic heterocycles. The highest BCUT2D eigenvalue weighted by Crippen LogP contribution is 2.27. The van der Waals surface area contributed by atoms with Crippen LogP contribution in [0.3, 0.4) is 0 Å². The van der Waals surface area contributed by atoms with Crippen molar-refractivity contribution in [3.63, 3.8) is 0 Å². The molecular weight excluding hydrogens is 423 g/mol. The van der Waals surface area contributed by atoms with E-state index in [2.05, 4.69) is 46.8 Å². The Hall–Kier alpha value is -3.62. The lowest BCUT2D eigenvalue weighted by Crippen LogP contribution is -2.48. The molecule has 0 bridgehead atoms. The molecule has 3 unspecified atom stereocenters. The summed E-state index contributed by atoms with van der Waals surface area (Å²) in [7, 11) is 0. The average Bonchev–Trinajstić information content (AvgIpc) is 3.47. The molecule has 172 valence electrons. The van der Waals surface area contributed by atoms with Gasteiger partial charge in [0.2, 0.25) is 11.8 Å². The van der Waals surface area contributed by atoms with Gasteiger partial charge < -0.3 is 10.2 Å². The number of carbonyl (C=O) groups excluding carboxylic acids is 2. The van der Waals surface area contributed by atoms with Crippen LogP contribution in [0.1, 0.15) is 48.9 Å². The van der Waals surface area contributed by atoms with E-state index in [-0.39, 0.29) is 25.4 Å². The van der Waals surface area contributed by atoms with E-state index >= 15 is 0 Å². The van der Waals surface area contributed by atoms with Crippen LogP contribution >= 0.6 is 0 Å². The number of hydrogen-bond donors (Lipinski definition) is 1. The van der Waals surface area contributed by atoms with E-state index < -0.39 is 24.2 Å². The second-order valence-electron chi connectivity index (χ2n) is 8.58. The Morgan fingerprint density at radius 3 is 2.36 bits per heavy atom. The van der Waals surface area contributed by atoms with E-state index in [1.165, 1.54) is 21.5 Å². The Morgan fingerprint density at radius 1 is 1.06 bits per heavy atom. The molecule has 1 fully saturated rings. The molecule has 2 aromatic carbocycles. The van der Waals surface area contributed by atoms with Gasteiger partial charge in [0.15, 0.2) is 0 Å². The van der Waals surface area contributed by atoms with Gasteiger partial charge in [-0.1, -0.05) is 68.4 Å². The molecule has 0 aliphatic carbocycles. The smallest absolute Gasteiger partial charge is 0.245 e. The SMILES string of the molecule is CC(C)c1ccc(C(NC(=O)C2CC(F)CN2C(=O)Cn2cnnn2)c2ccccc2)cc1. The molecule has 1 aliphatic rings. The molecule has 9 heteroatoms. The summed E-state index contributed by atoms with van der Waals surface area (Å²) in [6.45, 7) is 3.97. The van der Waals surface area contributed by atoms with E-state index in [9.17, 15) is 14.0 Å². The number of benzene rings is 2. The second kappa shape index (κ2) is 9.89.